The molecule has 0 saturated heterocycles. The molecule has 0 rings (SSSR count). The third-order valence-electron chi connectivity index (χ3n) is 1.88. The Morgan fingerprint density at radius 2 is 2.14 bits per heavy atom. The van der Waals surface area contributed by atoms with Crippen LogP contribution in [-0.2, 0) is 4.79 Å². The van der Waals surface area contributed by atoms with Crippen molar-refractivity contribution in [1.82, 2.24) is 0 Å². The minimum atomic E-state index is 0.106. The van der Waals surface area contributed by atoms with Gasteiger partial charge in [0.05, 0.1) is 0 Å². The standard InChI is InChI=1S/C11H20OS2/c1-5-6-10(13)7-9(4)14-11(12)8(2)3/h9-10,13H,2,5-7H2,1,3-4H3. The number of carbonyl (C=O) groups is 1. The summed E-state index contributed by atoms with van der Waals surface area (Å²) >= 11 is 5.85. The van der Waals surface area contributed by atoms with Crippen molar-refractivity contribution in [1.29, 1.82) is 0 Å². The van der Waals surface area contributed by atoms with Crippen LogP contribution in [0.2, 0.25) is 0 Å². The van der Waals surface area contributed by atoms with Gasteiger partial charge in [-0.05, 0) is 25.3 Å². The normalized spacial score (nSPS) is 14.9. The van der Waals surface area contributed by atoms with Crippen molar-refractivity contribution >= 4 is 29.5 Å². The molecule has 82 valence electrons. The van der Waals surface area contributed by atoms with Crippen molar-refractivity contribution in [2.75, 3.05) is 0 Å². The van der Waals surface area contributed by atoms with Crippen LogP contribution in [0.25, 0.3) is 0 Å². The SMILES string of the molecule is C=C(C)C(=O)SC(C)CC(S)CCC. The van der Waals surface area contributed by atoms with E-state index >= 15 is 0 Å². The summed E-state index contributed by atoms with van der Waals surface area (Å²) < 4.78 is 0. The Kier molecular flexibility index (Phi) is 7.47. The summed E-state index contributed by atoms with van der Waals surface area (Å²) in [6.07, 6.45) is 3.26. The van der Waals surface area contributed by atoms with E-state index in [4.69, 9.17) is 0 Å². The topological polar surface area (TPSA) is 17.1 Å². The molecule has 0 aliphatic rings. The van der Waals surface area contributed by atoms with Crippen LogP contribution in [0, 0.1) is 0 Å². The second kappa shape index (κ2) is 7.41. The van der Waals surface area contributed by atoms with Crippen LogP contribution in [0.15, 0.2) is 12.2 Å². The second-order valence-corrected chi connectivity index (χ2v) is 5.82. The molecule has 2 atom stereocenters. The maximum absolute atomic E-state index is 11.3. The maximum Gasteiger partial charge on any atom is 0.214 e. The Labute approximate surface area is 97.1 Å². The summed E-state index contributed by atoms with van der Waals surface area (Å²) in [6.45, 7) is 9.62. The molecule has 0 aromatic carbocycles. The highest BCUT2D eigenvalue weighted by molar-refractivity contribution is 8.14. The second-order valence-electron chi connectivity index (χ2n) is 3.67. The minimum absolute atomic E-state index is 0.106. The largest absolute Gasteiger partial charge is 0.282 e. The Hall–Kier alpha value is 0.110. The van der Waals surface area contributed by atoms with E-state index in [0.717, 1.165) is 19.3 Å². The molecule has 0 heterocycles. The van der Waals surface area contributed by atoms with E-state index in [-0.39, 0.29) is 5.12 Å². The van der Waals surface area contributed by atoms with Gasteiger partial charge in [-0.2, -0.15) is 12.6 Å². The van der Waals surface area contributed by atoms with E-state index in [1.54, 1.807) is 6.92 Å². The zero-order chi connectivity index (χ0) is 11.1. The number of hydrogen-bond donors (Lipinski definition) is 1. The molecule has 0 N–H and O–H groups in total. The Bertz CT molecular complexity index is 201. The summed E-state index contributed by atoms with van der Waals surface area (Å²) in [4.78, 5) is 11.3. The maximum atomic E-state index is 11.3. The van der Waals surface area contributed by atoms with Gasteiger partial charge in [0.1, 0.15) is 0 Å². The van der Waals surface area contributed by atoms with Gasteiger partial charge in [-0.3, -0.25) is 4.79 Å². The lowest BCUT2D eigenvalue weighted by Crippen LogP contribution is -2.10. The van der Waals surface area contributed by atoms with Crippen LogP contribution in [0.3, 0.4) is 0 Å². The van der Waals surface area contributed by atoms with Gasteiger partial charge in [-0.1, -0.05) is 38.6 Å². The van der Waals surface area contributed by atoms with Crippen LogP contribution in [0.5, 0.6) is 0 Å². The number of carbonyl (C=O) groups excluding carboxylic acids is 1. The quantitative estimate of drug-likeness (QED) is 0.555. The Balaban J connectivity index is 3.80. The van der Waals surface area contributed by atoms with Gasteiger partial charge in [0.15, 0.2) is 0 Å². The van der Waals surface area contributed by atoms with E-state index in [2.05, 4.69) is 33.1 Å². The van der Waals surface area contributed by atoms with Crippen molar-refractivity contribution in [3.8, 4) is 0 Å². The molecular weight excluding hydrogens is 212 g/mol. The highest BCUT2D eigenvalue weighted by Crippen LogP contribution is 2.23. The predicted octanol–water partition coefficient (Wildman–Crippen LogP) is 3.70. The van der Waals surface area contributed by atoms with E-state index in [0.29, 0.717) is 16.1 Å². The summed E-state index contributed by atoms with van der Waals surface area (Å²) in [5, 5.41) is 0.864. The predicted molar refractivity (Wildman–Crippen MR) is 69.2 cm³/mol. The van der Waals surface area contributed by atoms with E-state index in [9.17, 15) is 4.79 Å². The number of thiol groups is 1. The van der Waals surface area contributed by atoms with Gasteiger partial charge < -0.3 is 0 Å². The first-order valence-corrected chi connectivity index (χ1v) is 6.41. The zero-order valence-electron chi connectivity index (χ0n) is 9.25. The Morgan fingerprint density at radius 1 is 1.57 bits per heavy atom. The fourth-order valence-electron chi connectivity index (χ4n) is 1.17. The van der Waals surface area contributed by atoms with Crippen molar-refractivity contribution in [2.24, 2.45) is 0 Å². The average Bonchev–Trinajstić information content (AvgIpc) is 2.03. The molecule has 0 aromatic rings. The minimum Gasteiger partial charge on any atom is -0.282 e. The first kappa shape index (κ1) is 14.1. The lowest BCUT2D eigenvalue weighted by Gasteiger charge is -2.14. The van der Waals surface area contributed by atoms with Crippen molar-refractivity contribution < 1.29 is 4.79 Å². The first-order chi connectivity index (χ1) is 6.47. The fourth-order valence-corrected chi connectivity index (χ4v) is 2.78. The molecule has 2 unspecified atom stereocenters. The van der Waals surface area contributed by atoms with Gasteiger partial charge in [-0.15, -0.1) is 0 Å². The van der Waals surface area contributed by atoms with Gasteiger partial charge in [0, 0.05) is 10.5 Å². The molecule has 0 aliphatic heterocycles. The van der Waals surface area contributed by atoms with Crippen LogP contribution in [0.1, 0.15) is 40.0 Å². The monoisotopic (exact) mass is 232 g/mol. The smallest absolute Gasteiger partial charge is 0.214 e. The molecule has 0 amide bonds. The molecule has 0 bridgehead atoms. The first-order valence-electron chi connectivity index (χ1n) is 5.01. The molecule has 0 fully saturated rings. The number of hydrogen-bond acceptors (Lipinski definition) is 3. The molecule has 0 aromatic heterocycles. The van der Waals surface area contributed by atoms with Crippen LogP contribution < -0.4 is 0 Å². The molecule has 0 radical (unpaired) electrons. The zero-order valence-corrected chi connectivity index (χ0v) is 11.0. The summed E-state index contributed by atoms with van der Waals surface area (Å²) in [7, 11) is 0. The summed E-state index contributed by atoms with van der Waals surface area (Å²) in [6, 6.07) is 0. The molecule has 1 nitrogen and oxygen atoms in total. The molecule has 14 heavy (non-hydrogen) atoms. The van der Waals surface area contributed by atoms with E-state index in [1.165, 1.54) is 11.8 Å². The van der Waals surface area contributed by atoms with Gasteiger partial charge in [0.25, 0.3) is 0 Å². The molecule has 0 saturated carbocycles. The highest BCUT2D eigenvalue weighted by atomic mass is 32.2. The third kappa shape index (κ3) is 6.55. The van der Waals surface area contributed by atoms with Crippen molar-refractivity contribution in [2.45, 2.75) is 50.5 Å². The average molecular weight is 232 g/mol. The lowest BCUT2D eigenvalue weighted by atomic mass is 10.1. The summed E-state index contributed by atoms with van der Waals surface area (Å²) in [5.41, 5.74) is 0.632. The van der Waals surface area contributed by atoms with Gasteiger partial charge in [0.2, 0.25) is 5.12 Å². The van der Waals surface area contributed by atoms with Crippen LogP contribution in [0.4, 0.5) is 0 Å². The highest BCUT2D eigenvalue weighted by Gasteiger charge is 2.13. The van der Waals surface area contributed by atoms with Gasteiger partial charge in [-0.25, -0.2) is 0 Å². The Morgan fingerprint density at radius 3 is 2.57 bits per heavy atom. The van der Waals surface area contributed by atoms with E-state index in [1.807, 2.05) is 0 Å². The number of thioether (sulfide) groups is 1. The fraction of sp³-hybridized carbons (Fsp3) is 0.727. The summed E-state index contributed by atoms with van der Waals surface area (Å²) in [5.74, 6) is 0. The molecule has 0 spiro atoms. The van der Waals surface area contributed by atoms with Crippen molar-refractivity contribution in [3.63, 3.8) is 0 Å². The molecular formula is C11H20OS2. The lowest BCUT2D eigenvalue weighted by molar-refractivity contribution is -0.107. The molecule has 0 aliphatic carbocycles. The third-order valence-corrected chi connectivity index (χ3v) is 3.51. The van der Waals surface area contributed by atoms with Crippen molar-refractivity contribution in [3.05, 3.63) is 12.2 Å². The van der Waals surface area contributed by atoms with E-state index < -0.39 is 0 Å². The van der Waals surface area contributed by atoms with Gasteiger partial charge >= 0.3 is 0 Å². The van der Waals surface area contributed by atoms with Crippen LogP contribution >= 0.6 is 24.4 Å². The molecule has 3 heteroatoms. The van der Waals surface area contributed by atoms with Crippen LogP contribution in [-0.4, -0.2) is 15.6 Å². The number of rotatable bonds is 6.